The number of carbonyl (C=O) groups excluding carboxylic acids is 1. The van der Waals surface area contributed by atoms with Crippen molar-refractivity contribution in [1.29, 1.82) is 0 Å². The van der Waals surface area contributed by atoms with Crippen LogP contribution in [0.4, 0.5) is 5.82 Å². The van der Waals surface area contributed by atoms with Crippen LogP contribution >= 0.6 is 11.8 Å². The number of H-pyrrole nitrogens is 1. The molecule has 0 aliphatic rings. The minimum absolute atomic E-state index is 0.0327. The van der Waals surface area contributed by atoms with Crippen molar-refractivity contribution in [3.63, 3.8) is 0 Å². The van der Waals surface area contributed by atoms with Gasteiger partial charge in [-0.15, -0.1) is 0 Å². The number of benzene rings is 1. The molecule has 0 atom stereocenters. The Balaban J connectivity index is 1.88. The number of hydrogen-bond acceptors (Lipinski definition) is 6. The molecule has 3 N–H and O–H groups in total. The number of aromatic nitrogens is 4. The lowest BCUT2D eigenvalue weighted by Gasteiger charge is -2.14. The van der Waals surface area contributed by atoms with Crippen LogP contribution in [0.5, 0.6) is 0 Å². The smallest absolute Gasteiger partial charge is 0.329 e. The van der Waals surface area contributed by atoms with Gasteiger partial charge in [0.1, 0.15) is 11.4 Å². The molecule has 3 rings (SSSR count). The minimum Gasteiger partial charge on any atom is -0.384 e. The first-order chi connectivity index (χ1) is 14.2. The highest BCUT2D eigenvalue weighted by atomic mass is 32.2. The van der Waals surface area contributed by atoms with Gasteiger partial charge in [0.15, 0.2) is 10.9 Å². The van der Waals surface area contributed by atoms with Crippen molar-refractivity contribution in [3.05, 3.63) is 68.1 Å². The molecule has 3 aromatic rings. The molecule has 0 fully saturated rings. The van der Waals surface area contributed by atoms with Crippen LogP contribution < -0.4 is 17.0 Å². The number of carbonyl (C=O) groups is 1. The largest absolute Gasteiger partial charge is 0.384 e. The number of nitrogen functional groups attached to an aromatic ring is 1. The Morgan fingerprint density at radius 2 is 2.00 bits per heavy atom. The summed E-state index contributed by atoms with van der Waals surface area (Å²) in [4.78, 5) is 43.7. The van der Waals surface area contributed by atoms with Crippen molar-refractivity contribution in [3.8, 4) is 5.69 Å². The quantitative estimate of drug-likeness (QED) is 0.442. The number of aryl methyl sites for hydroxylation is 1. The van der Waals surface area contributed by atoms with Crippen LogP contribution in [0.25, 0.3) is 5.69 Å². The fourth-order valence-corrected chi connectivity index (χ4v) is 4.02. The van der Waals surface area contributed by atoms with Gasteiger partial charge in [0, 0.05) is 18.9 Å². The second-order valence-corrected chi connectivity index (χ2v) is 8.48. The molecule has 0 saturated carbocycles. The van der Waals surface area contributed by atoms with Crippen molar-refractivity contribution < 1.29 is 4.79 Å². The number of nitrogens with zero attached hydrogens (tertiary/aromatic N) is 3. The molecule has 30 heavy (non-hydrogen) atoms. The van der Waals surface area contributed by atoms with Crippen LogP contribution in [0.3, 0.4) is 0 Å². The van der Waals surface area contributed by atoms with E-state index in [9.17, 15) is 14.4 Å². The molecule has 0 unspecified atom stereocenters. The van der Waals surface area contributed by atoms with Gasteiger partial charge in [-0.2, -0.15) is 0 Å². The van der Waals surface area contributed by atoms with E-state index in [2.05, 4.69) is 9.97 Å². The molecule has 0 radical (unpaired) electrons. The highest BCUT2D eigenvalue weighted by Gasteiger charge is 2.21. The SMILES string of the molecule is Cc1cccc(-n2ccnc2SCC(=O)c2c(N)n(CC(C)C)c(=O)[nH]c2=O)c1C. The lowest BCUT2D eigenvalue weighted by Crippen LogP contribution is -2.37. The standard InChI is InChI=1S/C21H25N5O3S/c1-12(2)10-26-18(22)17(19(28)24-20(26)29)16(27)11-30-21-23-8-9-25(21)15-7-5-6-13(3)14(15)4/h5-9,12H,10-11,22H2,1-4H3,(H,24,28,29). The average Bonchev–Trinajstić information content (AvgIpc) is 3.13. The minimum atomic E-state index is -0.763. The van der Waals surface area contributed by atoms with Crippen LogP contribution in [-0.2, 0) is 6.54 Å². The molecule has 0 saturated heterocycles. The maximum Gasteiger partial charge on any atom is 0.329 e. The van der Waals surface area contributed by atoms with Gasteiger partial charge in [-0.25, -0.2) is 9.78 Å². The van der Waals surface area contributed by atoms with E-state index in [1.807, 2.05) is 56.7 Å². The van der Waals surface area contributed by atoms with Gasteiger partial charge in [-0.3, -0.25) is 23.7 Å². The topological polar surface area (TPSA) is 116 Å². The van der Waals surface area contributed by atoms with Crippen LogP contribution in [0, 0.1) is 19.8 Å². The van der Waals surface area contributed by atoms with E-state index in [-0.39, 0.29) is 23.1 Å². The first-order valence-electron chi connectivity index (χ1n) is 9.59. The van der Waals surface area contributed by atoms with Gasteiger partial charge >= 0.3 is 5.69 Å². The van der Waals surface area contributed by atoms with Crippen LogP contribution in [0.1, 0.15) is 35.3 Å². The summed E-state index contributed by atoms with van der Waals surface area (Å²) < 4.78 is 3.15. The van der Waals surface area contributed by atoms with Crippen molar-refractivity contribution in [2.45, 2.75) is 39.4 Å². The first kappa shape index (κ1) is 21.6. The zero-order valence-electron chi connectivity index (χ0n) is 17.4. The third-order valence-corrected chi connectivity index (χ3v) is 5.81. The van der Waals surface area contributed by atoms with Crippen molar-refractivity contribution >= 4 is 23.4 Å². The maximum atomic E-state index is 12.8. The number of aromatic amines is 1. The van der Waals surface area contributed by atoms with Crippen LogP contribution in [0.15, 0.2) is 45.3 Å². The zero-order chi connectivity index (χ0) is 22.0. The Bertz CT molecular complexity index is 1210. The number of imidazole rings is 1. The second kappa shape index (κ2) is 8.74. The third kappa shape index (κ3) is 4.25. The van der Waals surface area contributed by atoms with Gasteiger partial charge in [-0.1, -0.05) is 37.7 Å². The number of thioether (sulfide) groups is 1. The average molecular weight is 428 g/mol. The van der Waals surface area contributed by atoms with Crippen molar-refractivity contribution in [2.24, 2.45) is 5.92 Å². The molecule has 2 heterocycles. The summed E-state index contributed by atoms with van der Waals surface area (Å²) in [5.74, 6) is -0.458. The van der Waals surface area contributed by atoms with Crippen molar-refractivity contribution in [2.75, 3.05) is 11.5 Å². The number of ketones is 1. The predicted molar refractivity (Wildman–Crippen MR) is 119 cm³/mol. The van der Waals surface area contributed by atoms with E-state index < -0.39 is 17.0 Å². The number of nitrogens with one attached hydrogen (secondary N) is 1. The Hall–Kier alpha value is -3.07. The van der Waals surface area contributed by atoms with Crippen molar-refractivity contribution in [1.82, 2.24) is 19.1 Å². The number of hydrogen-bond donors (Lipinski definition) is 2. The predicted octanol–water partition coefficient (Wildman–Crippen LogP) is 2.55. The second-order valence-electron chi connectivity index (χ2n) is 7.53. The molecule has 0 aliphatic carbocycles. The van der Waals surface area contributed by atoms with Crippen LogP contribution in [0.2, 0.25) is 0 Å². The van der Waals surface area contributed by atoms with E-state index in [4.69, 9.17) is 5.73 Å². The van der Waals surface area contributed by atoms with Gasteiger partial charge in [0.05, 0.1) is 11.4 Å². The Kier molecular flexibility index (Phi) is 6.31. The van der Waals surface area contributed by atoms with E-state index in [0.29, 0.717) is 11.7 Å². The first-order valence-corrected chi connectivity index (χ1v) is 10.6. The number of rotatable bonds is 7. The number of nitrogens with two attached hydrogens (primary N) is 1. The molecule has 8 nitrogen and oxygen atoms in total. The highest BCUT2D eigenvalue weighted by Crippen LogP contribution is 2.25. The van der Waals surface area contributed by atoms with E-state index >= 15 is 0 Å². The molecule has 0 amide bonds. The summed E-state index contributed by atoms with van der Waals surface area (Å²) in [7, 11) is 0. The van der Waals surface area contributed by atoms with E-state index in [1.54, 1.807) is 6.20 Å². The molecule has 9 heteroatoms. The fourth-order valence-electron chi connectivity index (χ4n) is 3.18. The summed E-state index contributed by atoms with van der Waals surface area (Å²) in [5.41, 5.74) is 7.72. The molecule has 0 bridgehead atoms. The maximum absolute atomic E-state index is 12.8. The monoisotopic (exact) mass is 427 g/mol. The van der Waals surface area contributed by atoms with Gasteiger partial charge in [0.2, 0.25) is 0 Å². The van der Waals surface area contributed by atoms with Gasteiger partial charge in [-0.05, 0) is 37.0 Å². The van der Waals surface area contributed by atoms with Gasteiger partial charge < -0.3 is 5.73 Å². The summed E-state index contributed by atoms with van der Waals surface area (Å²) >= 11 is 1.21. The summed E-state index contributed by atoms with van der Waals surface area (Å²) in [6.07, 6.45) is 3.50. The number of Topliss-reactive ketones (excluding diaryl/α,β-unsaturated/α-hetero) is 1. The summed E-state index contributed by atoms with van der Waals surface area (Å²) in [5, 5.41) is 0.627. The van der Waals surface area contributed by atoms with E-state index in [0.717, 1.165) is 16.8 Å². The highest BCUT2D eigenvalue weighted by molar-refractivity contribution is 7.99. The molecular formula is C21H25N5O3S. The Morgan fingerprint density at radius 3 is 2.70 bits per heavy atom. The third-order valence-electron chi connectivity index (χ3n) is 4.84. The Morgan fingerprint density at radius 1 is 1.27 bits per heavy atom. The number of anilines is 1. The summed E-state index contributed by atoms with van der Waals surface area (Å²) in [6, 6.07) is 5.99. The zero-order valence-corrected chi connectivity index (χ0v) is 18.2. The molecule has 158 valence electrons. The van der Waals surface area contributed by atoms with E-state index in [1.165, 1.54) is 16.3 Å². The molecular weight excluding hydrogens is 402 g/mol. The summed E-state index contributed by atoms with van der Waals surface area (Å²) in [6.45, 7) is 8.21. The molecule has 0 spiro atoms. The molecule has 2 aromatic heterocycles. The fraction of sp³-hybridized carbons (Fsp3) is 0.333. The van der Waals surface area contributed by atoms with Gasteiger partial charge in [0.25, 0.3) is 5.56 Å². The lowest BCUT2D eigenvalue weighted by molar-refractivity contribution is 0.102. The Labute approximate surface area is 178 Å². The molecule has 0 aliphatic heterocycles. The van der Waals surface area contributed by atoms with Crippen LogP contribution in [-0.4, -0.2) is 30.6 Å². The molecule has 1 aromatic carbocycles. The lowest BCUT2D eigenvalue weighted by atomic mass is 10.1. The normalized spacial score (nSPS) is 11.2.